The molecule has 1 heterocycles. The second-order valence-corrected chi connectivity index (χ2v) is 7.21. The molecule has 0 fully saturated rings. The van der Waals surface area contributed by atoms with Crippen LogP contribution in [0.3, 0.4) is 0 Å². The van der Waals surface area contributed by atoms with E-state index in [1.54, 1.807) is 30.3 Å². The van der Waals surface area contributed by atoms with Crippen molar-refractivity contribution >= 4 is 11.6 Å². The molecular weight excluding hydrogens is 386 g/mol. The van der Waals surface area contributed by atoms with Crippen molar-refractivity contribution in [3.63, 3.8) is 0 Å². The van der Waals surface area contributed by atoms with E-state index in [4.69, 9.17) is 11.6 Å². The molecule has 4 rings (SSSR count). The Bertz CT molecular complexity index is 1160. The maximum Gasteiger partial charge on any atom is 0.117 e. The smallest absolute Gasteiger partial charge is 0.117 e. The van der Waals surface area contributed by atoms with Gasteiger partial charge in [0.25, 0.3) is 0 Å². The van der Waals surface area contributed by atoms with E-state index in [1.165, 1.54) is 6.07 Å². The van der Waals surface area contributed by atoms with Crippen molar-refractivity contribution in [2.24, 2.45) is 0 Å². The van der Waals surface area contributed by atoms with Crippen LogP contribution in [0.5, 0.6) is 17.2 Å². The first-order valence-corrected chi connectivity index (χ1v) is 9.68. The Balaban J connectivity index is 2.02. The third-order valence-corrected chi connectivity index (χ3v) is 5.26. The summed E-state index contributed by atoms with van der Waals surface area (Å²) in [4.78, 5) is 0. The van der Waals surface area contributed by atoms with Crippen LogP contribution in [0.15, 0.2) is 72.8 Å². The standard InChI is InChI=1S/C24H20ClNO3/c1-2-23-21(20-12-11-19(29)13-22(20)25)14-24(15-3-7-17(27)8-4-15)26(23)16-5-9-18(28)10-6-16/h3-14,27-29H,2H2,1H3. The van der Waals surface area contributed by atoms with Crippen LogP contribution < -0.4 is 0 Å². The molecule has 4 aromatic rings. The summed E-state index contributed by atoms with van der Waals surface area (Å²) in [5.41, 5.74) is 5.63. The molecule has 0 amide bonds. The molecule has 0 aliphatic rings. The van der Waals surface area contributed by atoms with Crippen LogP contribution in [0, 0.1) is 0 Å². The molecule has 0 unspecified atom stereocenters. The lowest BCUT2D eigenvalue weighted by molar-refractivity contribution is 0.474. The number of aromatic nitrogens is 1. The van der Waals surface area contributed by atoms with E-state index in [1.807, 2.05) is 30.3 Å². The molecule has 0 atom stereocenters. The first-order valence-electron chi connectivity index (χ1n) is 9.30. The Morgan fingerprint density at radius 2 is 1.31 bits per heavy atom. The lowest BCUT2D eigenvalue weighted by Crippen LogP contribution is -2.02. The van der Waals surface area contributed by atoms with E-state index in [9.17, 15) is 15.3 Å². The molecule has 0 spiro atoms. The Kier molecular flexibility index (Phi) is 4.95. The summed E-state index contributed by atoms with van der Waals surface area (Å²) in [5, 5.41) is 29.6. The third kappa shape index (κ3) is 3.55. The summed E-state index contributed by atoms with van der Waals surface area (Å²) < 4.78 is 2.13. The largest absolute Gasteiger partial charge is 0.508 e. The predicted octanol–water partition coefficient (Wildman–Crippen LogP) is 6.14. The van der Waals surface area contributed by atoms with Gasteiger partial charge < -0.3 is 19.9 Å². The van der Waals surface area contributed by atoms with E-state index in [0.29, 0.717) is 5.02 Å². The summed E-state index contributed by atoms with van der Waals surface area (Å²) >= 11 is 6.45. The van der Waals surface area contributed by atoms with Crippen molar-refractivity contribution in [2.75, 3.05) is 0 Å². The summed E-state index contributed by atoms with van der Waals surface area (Å²) in [6.07, 6.45) is 0.742. The van der Waals surface area contributed by atoms with Gasteiger partial charge in [-0.1, -0.05) is 18.5 Å². The topological polar surface area (TPSA) is 65.6 Å². The number of halogens is 1. The fourth-order valence-corrected chi connectivity index (χ4v) is 3.87. The van der Waals surface area contributed by atoms with Crippen LogP contribution in [0.4, 0.5) is 0 Å². The first-order chi connectivity index (χ1) is 14.0. The first kappa shape index (κ1) is 19.0. The lowest BCUT2D eigenvalue weighted by atomic mass is 10.0. The van der Waals surface area contributed by atoms with Crippen molar-refractivity contribution in [3.8, 4) is 45.3 Å². The zero-order valence-electron chi connectivity index (χ0n) is 15.8. The molecule has 0 aliphatic heterocycles. The van der Waals surface area contributed by atoms with Gasteiger partial charge in [0.2, 0.25) is 0 Å². The fourth-order valence-electron chi connectivity index (χ4n) is 3.60. The van der Waals surface area contributed by atoms with Crippen molar-refractivity contribution in [2.45, 2.75) is 13.3 Å². The van der Waals surface area contributed by atoms with E-state index >= 15 is 0 Å². The summed E-state index contributed by atoms with van der Waals surface area (Å²) in [6.45, 7) is 2.07. The second-order valence-electron chi connectivity index (χ2n) is 6.81. The maximum atomic E-state index is 9.74. The minimum Gasteiger partial charge on any atom is -0.508 e. The molecule has 3 aromatic carbocycles. The zero-order valence-corrected chi connectivity index (χ0v) is 16.6. The Morgan fingerprint density at radius 1 is 0.724 bits per heavy atom. The number of benzene rings is 3. The van der Waals surface area contributed by atoms with Gasteiger partial charge in [-0.2, -0.15) is 0 Å². The maximum absolute atomic E-state index is 9.74. The van der Waals surface area contributed by atoms with Crippen LogP contribution in [-0.4, -0.2) is 19.9 Å². The molecule has 29 heavy (non-hydrogen) atoms. The molecule has 3 N–H and O–H groups in total. The second kappa shape index (κ2) is 7.57. The third-order valence-electron chi connectivity index (χ3n) is 4.95. The molecule has 0 aliphatic carbocycles. The van der Waals surface area contributed by atoms with Gasteiger partial charge in [-0.15, -0.1) is 0 Å². The van der Waals surface area contributed by atoms with Gasteiger partial charge in [0.05, 0.1) is 10.7 Å². The van der Waals surface area contributed by atoms with Crippen LogP contribution in [0.2, 0.25) is 5.02 Å². The Labute approximate surface area is 173 Å². The highest BCUT2D eigenvalue weighted by atomic mass is 35.5. The van der Waals surface area contributed by atoms with Gasteiger partial charge >= 0.3 is 0 Å². The highest BCUT2D eigenvalue weighted by Gasteiger charge is 2.19. The lowest BCUT2D eigenvalue weighted by Gasteiger charge is -2.14. The van der Waals surface area contributed by atoms with Crippen LogP contribution in [-0.2, 0) is 6.42 Å². The van der Waals surface area contributed by atoms with E-state index in [0.717, 1.165) is 40.2 Å². The van der Waals surface area contributed by atoms with Crippen molar-refractivity contribution in [1.82, 2.24) is 4.57 Å². The highest BCUT2D eigenvalue weighted by molar-refractivity contribution is 6.33. The normalized spacial score (nSPS) is 11.0. The number of nitrogens with zero attached hydrogens (tertiary/aromatic N) is 1. The van der Waals surface area contributed by atoms with Gasteiger partial charge in [-0.3, -0.25) is 0 Å². The Morgan fingerprint density at radius 3 is 1.90 bits per heavy atom. The van der Waals surface area contributed by atoms with E-state index in [2.05, 4.69) is 17.6 Å². The molecule has 0 bridgehead atoms. The predicted molar refractivity (Wildman–Crippen MR) is 116 cm³/mol. The molecular formula is C24H20ClNO3. The molecule has 0 saturated carbocycles. The number of hydrogen-bond acceptors (Lipinski definition) is 3. The van der Waals surface area contributed by atoms with Gasteiger partial charge in [0, 0.05) is 22.5 Å². The monoisotopic (exact) mass is 405 g/mol. The quantitative estimate of drug-likeness (QED) is 0.382. The number of aromatic hydroxyl groups is 3. The average molecular weight is 406 g/mol. The summed E-state index contributed by atoms with van der Waals surface area (Å²) in [5.74, 6) is 0.523. The number of phenols is 3. The summed E-state index contributed by atoms with van der Waals surface area (Å²) in [7, 11) is 0. The fraction of sp³-hybridized carbons (Fsp3) is 0.0833. The number of hydrogen-bond donors (Lipinski definition) is 3. The van der Waals surface area contributed by atoms with Gasteiger partial charge in [-0.25, -0.2) is 0 Å². The van der Waals surface area contributed by atoms with Gasteiger partial charge in [0.1, 0.15) is 17.2 Å². The van der Waals surface area contributed by atoms with Crippen molar-refractivity contribution < 1.29 is 15.3 Å². The minimum absolute atomic E-state index is 0.119. The van der Waals surface area contributed by atoms with Crippen molar-refractivity contribution in [1.29, 1.82) is 0 Å². The minimum atomic E-state index is 0.119. The highest BCUT2D eigenvalue weighted by Crippen LogP contribution is 2.39. The number of rotatable bonds is 4. The molecule has 146 valence electrons. The van der Waals surface area contributed by atoms with E-state index in [-0.39, 0.29) is 17.2 Å². The molecule has 0 saturated heterocycles. The van der Waals surface area contributed by atoms with Gasteiger partial charge in [0.15, 0.2) is 0 Å². The molecule has 4 nitrogen and oxygen atoms in total. The van der Waals surface area contributed by atoms with Crippen LogP contribution in [0.1, 0.15) is 12.6 Å². The molecule has 1 aromatic heterocycles. The summed E-state index contributed by atoms with van der Waals surface area (Å²) in [6, 6.07) is 21.1. The van der Waals surface area contributed by atoms with Crippen molar-refractivity contribution in [3.05, 3.63) is 83.5 Å². The van der Waals surface area contributed by atoms with Gasteiger partial charge in [-0.05, 0) is 84.8 Å². The SMILES string of the molecule is CCc1c(-c2ccc(O)cc2Cl)cc(-c2ccc(O)cc2)n1-c1ccc(O)cc1. The van der Waals surface area contributed by atoms with Crippen LogP contribution >= 0.6 is 11.6 Å². The average Bonchev–Trinajstić information content (AvgIpc) is 3.08. The number of phenolic OH excluding ortho intramolecular Hbond substituents is 3. The zero-order chi connectivity index (χ0) is 20.5. The molecule has 5 heteroatoms. The van der Waals surface area contributed by atoms with Crippen LogP contribution in [0.25, 0.3) is 28.1 Å². The van der Waals surface area contributed by atoms with E-state index < -0.39 is 0 Å². The molecule has 0 radical (unpaired) electrons. The Hall–Kier alpha value is -3.37.